The number of rotatable bonds is 3. The second-order valence-corrected chi connectivity index (χ2v) is 4.76. The summed E-state index contributed by atoms with van der Waals surface area (Å²) in [4.78, 5) is 11.4. The van der Waals surface area contributed by atoms with Crippen LogP contribution in [-0.4, -0.2) is 20.7 Å². The van der Waals surface area contributed by atoms with Gasteiger partial charge in [-0.05, 0) is 17.7 Å². The van der Waals surface area contributed by atoms with E-state index in [9.17, 15) is 19.4 Å². The molecule has 1 heterocycles. The fourth-order valence-corrected chi connectivity index (χ4v) is 2.42. The summed E-state index contributed by atoms with van der Waals surface area (Å²) in [6.07, 6.45) is 0. The predicted octanol–water partition coefficient (Wildman–Crippen LogP) is 3.23. The number of carbonyl (C=O) groups is 1. The molecule has 106 valence electrons. The third-order valence-electron chi connectivity index (χ3n) is 3.37. The summed E-state index contributed by atoms with van der Waals surface area (Å²) in [7, 11) is 0. The molecule has 0 aliphatic rings. The van der Waals surface area contributed by atoms with Crippen LogP contribution in [0.2, 0.25) is 0 Å². The number of aromatic hydroxyl groups is 1. The van der Waals surface area contributed by atoms with Gasteiger partial charge >= 0.3 is 5.97 Å². The van der Waals surface area contributed by atoms with Crippen LogP contribution in [0.25, 0.3) is 10.9 Å². The summed E-state index contributed by atoms with van der Waals surface area (Å²) >= 11 is 0. The maximum absolute atomic E-state index is 13.5. The van der Waals surface area contributed by atoms with Gasteiger partial charge in [0.1, 0.15) is 17.3 Å². The number of phenolic OH excluding ortho intramolecular Hbond substituents is 1. The van der Waals surface area contributed by atoms with E-state index in [1.165, 1.54) is 16.7 Å². The lowest BCUT2D eigenvalue weighted by Gasteiger charge is -2.09. The number of aromatic nitrogens is 1. The topological polar surface area (TPSA) is 62.5 Å². The standard InChI is InChI=1S/C16H12FNO3/c17-11-6-13-12(15(19)7-11)8-14(16(20)21)18(13)9-10-4-2-1-3-5-10/h1-8,19H,9H2,(H,20,21). The number of aromatic carboxylic acids is 1. The van der Waals surface area contributed by atoms with Gasteiger partial charge in [-0.15, -0.1) is 0 Å². The normalized spacial score (nSPS) is 10.9. The molecule has 0 radical (unpaired) electrons. The highest BCUT2D eigenvalue weighted by Gasteiger charge is 2.17. The van der Waals surface area contributed by atoms with Gasteiger partial charge in [0, 0.05) is 18.0 Å². The van der Waals surface area contributed by atoms with Crippen molar-refractivity contribution >= 4 is 16.9 Å². The van der Waals surface area contributed by atoms with Crippen LogP contribution in [-0.2, 0) is 6.54 Å². The molecule has 0 amide bonds. The van der Waals surface area contributed by atoms with E-state index >= 15 is 0 Å². The van der Waals surface area contributed by atoms with Gasteiger partial charge in [0.05, 0.1) is 5.52 Å². The van der Waals surface area contributed by atoms with Gasteiger partial charge < -0.3 is 14.8 Å². The molecule has 0 spiro atoms. The van der Waals surface area contributed by atoms with Crippen LogP contribution >= 0.6 is 0 Å². The Morgan fingerprint density at radius 2 is 1.86 bits per heavy atom. The Hall–Kier alpha value is -2.82. The molecule has 2 N–H and O–H groups in total. The van der Waals surface area contributed by atoms with Crippen LogP contribution in [0.1, 0.15) is 16.1 Å². The number of nitrogens with zero attached hydrogens (tertiary/aromatic N) is 1. The Morgan fingerprint density at radius 1 is 1.14 bits per heavy atom. The van der Waals surface area contributed by atoms with Gasteiger partial charge in [0.25, 0.3) is 0 Å². The zero-order chi connectivity index (χ0) is 15.0. The molecular formula is C16H12FNO3. The Labute approximate surface area is 119 Å². The van der Waals surface area contributed by atoms with Crippen molar-refractivity contribution in [1.29, 1.82) is 0 Å². The molecule has 0 aliphatic heterocycles. The monoisotopic (exact) mass is 285 g/mol. The highest BCUT2D eigenvalue weighted by Crippen LogP contribution is 2.30. The molecule has 1 aromatic heterocycles. The predicted molar refractivity (Wildman–Crippen MR) is 76.1 cm³/mol. The molecule has 0 saturated heterocycles. The van der Waals surface area contributed by atoms with Gasteiger partial charge in [0.15, 0.2) is 0 Å². The minimum Gasteiger partial charge on any atom is -0.507 e. The van der Waals surface area contributed by atoms with Crippen molar-refractivity contribution in [2.45, 2.75) is 6.54 Å². The second kappa shape index (κ2) is 4.94. The highest BCUT2D eigenvalue weighted by molar-refractivity contribution is 5.97. The molecule has 21 heavy (non-hydrogen) atoms. The van der Waals surface area contributed by atoms with Crippen LogP contribution < -0.4 is 0 Å². The molecule has 0 bridgehead atoms. The average molecular weight is 285 g/mol. The number of hydrogen-bond donors (Lipinski definition) is 2. The quantitative estimate of drug-likeness (QED) is 0.776. The molecule has 5 heteroatoms. The van der Waals surface area contributed by atoms with Crippen molar-refractivity contribution in [2.75, 3.05) is 0 Å². The zero-order valence-electron chi connectivity index (χ0n) is 11.0. The third kappa shape index (κ3) is 2.33. The van der Waals surface area contributed by atoms with Gasteiger partial charge in [-0.1, -0.05) is 30.3 Å². The number of carboxylic acid groups (broad SMARTS) is 1. The Balaban J connectivity index is 2.23. The van der Waals surface area contributed by atoms with Crippen LogP contribution in [0.3, 0.4) is 0 Å². The maximum Gasteiger partial charge on any atom is 0.352 e. The number of hydrogen-bond acceptors (Lipinski definition) is 2. The minimum atomic E-state index is -1.12. The minimum absolute atomic E-state index is 0.00903. The summed E-state index contributed by atoms with van der Waals surface area (Å²) in [5.74, 6) is -1.99. The molecule has 2 aromatic carbocycles. The lowest BCUT2D eigenvalue weighted by atomic mass is 10.2. The lowest BCUT2D eigenvalue weighted by Crippen LogP contribution is -2.09. The van der Waals surface area contributed by atoms with E-state index in [-0.39, 0.29) is 18.0 Å². The number of halogens is 1. The molecule has 3 aromatic rings. The second-order valence-electron chi connectivity index (χ2n) is 4.76. The average Bonchev–Trinajstić information content (AvgIpc) is 2.79. The summed E-state index contributed by atoms with van der Waals surface area (Å²) in [6, 6.07) is 12.8. The lowest BCUT2D eigenvalue weighted by molar-refractivity contribution is 0.0686. The molecule has 0 atom stereocenters. The van der Waals surface area contributed by atoms with Crippen molar-refractivity contribution in [3.8, 4) is 5.75 Å². The summed E-state index contributed by atoms with van der Waals surface area (Å²) < 4.78 is 15.0. The Kier molecular flexibility index (Phi) is 3.10. The smallest absolute Gasteiger partial charge is 0.352 e. The van der Waals surface area contributed by atoms with Crippen molar-refractivity contribution in [2.24, 2.45) is 0 Å². The summed E-state index contributed by atoms with van der Waals surface area (Å²) in [5, 5.41) is 19.4. The van der Waals surface area contributed by atoms with Gasteiger partial charge in [-0.2, -0.15) is 0 Å². The first kappa shape index (κ1) is 13.2. The Bertz CT molecular complexity index is 824. The van der Waals surface area contributed by atoms with E-state index < -0.39 is 11.8 Å². The first-order valence-corrected chi connectivity index (χ1v) is 6.35. The molecular weight excluding hydrogens is 273 g/mol. The van der Waals surface area contributed by atoms with Crippen LogP contribution in [0.15, 0.2) is 48.5 Å². The van der Waals surface area contributed by atoms with Crippen molar-refractivity contribution in [3.05, 3.63) is 65.6 Å². The van der Waals surface area contributed by atoms with Crippen molar-refractivity contribution < 1.29 is 19.4 Å². The highest BCUT2D eigenvalue weighted by atomic mass is 19.1. The number of phenols is 1. The SMILES string of the molecule is O=C(O)c1cc2c(O)cc(F)cc2n1Cc1ccccc1. The summed E-state index contributed by atoms with van der Waals surface area (Å²) in [6.45, 7) is 0.287. The molecule has 0 aliphatic carbocycles. The molecule has 0 saturated carbocycles. The number of carboxylic acids is 1. The number of fused-ring (bicyclic) bond motifs is 1. The fraction of sp³-hybridized carbons (Fsp3) is 0.0625. The first-order valence-electron chi connectivity index (χ1n) is 6.35. The largest absolute Gasteiger partial charge is 0.507 e. The van der Waals surface area contributed by atoms with Crippen molar-refractivity contribution in [1.82, 2.24) is 4.57 Å². The van der Waals surface area contributed by atoms with Gasteiger partial charge in [0.2, 0.25) is 0 Å². The molecule has 0 fully saturated rings. The van der Waals surface area contributed by atoms with E-state index in [0.717, 1.165) is 11.6 Å². The first-order chi connectivity index (χ1) is 10.1. The zero-order valence-corrected chi connectivity index (χ0v) is 11.0. The number of benzene rings is 2. The maximum atomic E-state index is 13.5. The van der Waals surface area contributed by atoms with Gasteiger partial charge in [-0.3, -0.25) is 0 Å². The van der Waals surface area contributed by atoms with Crippen molar-refractivity contribution in [3.63, 3.8) is 0 Å². The van der Waals surface area contributed by atoms with Crippen LogP contribution in [0.4, 0.5) is 4.39 Å². The molecule has 3 rings (SSSR count). The van der Waals surface area contributed by atoms with E-state index in [1.54, 1.807) is 0 Å². The van der Waals surface area contributed by atoms with Crippen LogP contribution in [0, 0.1) is 5.82 Å². The van der Waals surface area contributed by atoms with E-state index in [4.69, 9.17) is 0 Å². The van der Waals surface area contributed by atoms with E-state index in [1.807, 2.05) is 30.3 Å². The fourth-order valence-electron chi connectivity index (χ4n) is 2.42. The third-order valence-corrected chi connectivity index (χ3v) is 3.37. The molecule has 0 unspecified atom stereocenters. The summed E-state index contributed by atoms with van der Waals surface area (Å²) in [5.41, 5.74) is 1.25. The van der Waals surface area contributed by atoms with E-state index in [0.29, 0.717) is 10.9 Å². The van der Waals surface area contributed by atoms with Crippen LogP contribution in [0.5, 0.6) is 5.75 Å². The van der Waals surface area contributed by atoms with E-state index in [2.05, 4.69) is 0 Å². The molecule has 4 nitrogen and oxygen atoms in total. The Morgan fingerprint density at radius 3 is 2.52 bits per heavy atom. The van der Waals surface area contributed by atoms with Gasteiger partial charge in [-0.25, -0.2) is 9.18 Å².